The number of rotatable bonds is 2. The standard InChI is InChI=1S/C17H8ClF2N3O2/c18-9-3-1-2-8(4-9)16-22-17(25-23-16)11-7-21-14-6-13(20)12(19)5-10(14)15(11)24/h1-7H,(H,21,24). The number of halogens is 3. The van der Waals surface area contributed by atoms with Gasteiger partial charge in [0.15, 0.2) is 11.6 Å². The van der Waals surface area contributed by atoms with Gasteiger partial charge in [-0.3, -0.25) is 4.79 Å². The van der Waals surface area contributed by atoms with Crippen LogP contribution in [0.4, 0.5) is 8.78 Å². The molecule has 0 fully saturated rings. The quantitative estimate of drug-likeness (QED) is 0.583. The average molecular weight is 360 g/mol. The normalized spacial score (nSPS) is 11.2. The van der Waals surface area contributed by atoms with Gasteiger partial charge in [-0.05, 0) is 18.2 Å². The van der Waals surface area contributed by atoms with E-state index in [-0.39, 0.29) is 28.2 Å². The number of hydrogen-bond donors (Lipinski definition) is 1. The van der Waals surface area contributed by atoms with E-state index in [1.54, 1.807) is 24.3 Å². The Morgan fingerprint density at radius 2 is 1.92 bits per heavy atom. The lowest BCUT2D eigenvalue weighted by Crippen LogP contribution is -2.07. The number of H-pyrrole nitrogens is 1. The third-order valence-electron chi connectivity index (χ3n) is 3.66. The van der Waals surface area contributed by atoms with Gasteiger partial charge < -0.3 is 9.51 Å². The van der Waals surface area contributed by atoms with Crippen LogP contribution < -0.4 is 5.43 Å². The molecule has 124 valence electrons. The molecule has 25 heavy (non-hydrogen) atoms. The number of nitrogens with zero attached hydrogens (tertiary/aromatic N) is 2. The van der Waals surface area contributed by atoms with Gasteiger partial charge in [-0.1, -0.05) is 28.9 Å². The number of aromatic amines is 1. The highest BCUT2D eigenvalue weighted by molar-refractivity contribution is 6.30. The molecular formula is C17H8ClF2N3O2. The maximum atomic E-state index is 13.4. The molecule has 0 saturated carbocycles. The number of hydrogen-bond acceptors (Lipinski definition) is 4. The monoisotopic (exact) mass is 359 g/mol. The minimum atomic E-state index is -1.11. The van der Waals surface area contributed by atoms with Crippen LogP contribution in [0, 0.1) is 11.6 Å². The maximum absolute atomic E-state index is 13.4. The Morgan fingerprint density at radius 3 is 2.72 bits per heavy atom. The molecule has 0 atom stereocenters. The van der Waals surface area contributed by atoms with Crippen LogP contribution in [0.15, 0.2) is 51.9 Å². The fourth-order valence-electron chi connectivity index (χ4n) is 2.45. The first-order chi connectivity index (χ1) is 12.0. The molecule has 8 heteroatoms. The molecule has 0 aliphatic carbocycles. The summed E-state index contributed by atoms with van der Waals surface area (Å²) in [6.07, 6.45) is 1.32. The highest BCUT2D eigenvalue weighted by atomic mass is 35.5. The van der Waals surface area contributed by atoms with Gasteiger partial charge >= 0.3 is 0 Å². The van der Waals surface area contributed by atoms with Crippen molar-refractivity contribution in [1.82, 2.24) is 15.1 Å². The van der Waals surface area contributed by atoms with Crippen molar-refractivity contribution >= 4 is 22.5 Å². The predicted octanol–water partition coefficient (Wildman–Crippen LogP) is 4.18. The SMILES string of the molecule is O=c1c(-c2nc(-c3cccc(Cl)c3)no2)c[nH]c2cc(F)c(F)cc12. The highest BCUT2D eigenvalue weighted by Crippen LogP contribution is 2.23. The lowest BCUT2D eigenvalue weighted by Gasteiger charge is -2.01. The van der Waals surface area contributed by atoms with Gasteiger partial charge in [0, 0.05) is 28.2 Å². The van der Waals surface area contributed by atoms with Crippen LogP contribution in [0.1, 0.15) is 0 Å². The minimum absolute atomic E-state index is 0.0149. The number of benzene rings is 2. The van der Waals surface area contributed by atoms with E-state index in [0.717, 1.165) is 12.1 Å². The molecule has 2 heterocycles. The molecule has 0 amide bonds. The summed E-state index contributed by atoms with van der Waals surface area (Å²) in [5, 5.41) is 4.31. The molecule has 0 unspecified atom stereocenters. The van der Waals surface area contributed by atoms with Crippen LogP contribution in [0.3, 0.4) is 0 Å². The largest absolute Gasteiger partial charge is 0.360 e. The van der Waals surface area contributed by atoms with Gasteiger partial charge in [0.25, 0.3) is 5.89 Å². The lowest BCUT2D eigenvalue weighted by atomic mass is 10.1. The van der Waals surface area contributed by atoms with Crippen LogP contribution in [0.5, 0.6) is 0 Å². The third kappa shape index (κ3) is 2.68. The van der Waals surface area contributed by atoms with Crippen molar-refractivity contribution in [2.75, 3.05) is 0 Å². The number of fused-ring (bicyclic) bond motifs is 1. The van der Waals surface area contributed by atoms with Crippen molar-refractivity contribution in [2.45, 2.75) is 0 Å². The van der Waals surface area contributed by atoms with Crippen molar-refractivity contribution in [1.29, 1.82) is 0 Å². The fourth-order valence-corrected chi connectivity index (χ4v) is 2.64. The van der Waals surface area contributed by atoms with Crippen molar-refractivity contribution in [2.24, 2.45) is 0 Å². The molecule has 0 aliphatic heterocycles. The Balaban J connectivity index is 1.84. The fraction of sp³-hybridized carbons (Fsp3) is 0. The van der Waals surface area contributed by atoms with Crippen molar-refractivity contribution in [3.05, 3.63) is 69.5 Å². The second kappa shape index (κ2) is 5.78. The summed E-state index contributed by atoms with van der Waals surface area (Å²) in [6.45, 7) is 0. The molecule has 0 aliphatic rings. The summed E-state index contributed by atoms with van der Waals surface area (Å²) < 4.78 is 31.8. The summed E-state index contributed by atoms with van der Waals surface area (Å²) in [7, 11) is 0. The van der Waals surface area contributed by atoms with Gasteiger partial charge in [0.2, 0.25) is 11.3 Å². The van der Waals surface area contributed by atoms with Gasteiger partial charge in [0.05, 0.1) is 5.52 Å². The van der Waals surface area contributed by atoms with E-state index in [1.165, 1.54) is 6.20 Å². The molecular weight excluding hydrogens is 352 g/mol. The zero-order valence-electron chi connectivity index (χ0n) is 12.4. The Kier molecular flexibility index (Phi) is 3.58. The predicted molar refractivity (Wildman–Crippen MR) is 88.2 cm³/mol. The first-order valence-electron chi connectivity index (χ1n) is 7.13. The van der Waals surface area contributed by atoms with Crippen molar-refractivity contribution < 1.29 is 13.3 Å². The summed E-state index contributed by atoms with van der Waals surface area (Å²) >= 11 is 5.93. The van der Waals surface area contributed by atoms with E-state index in [1.807, 2.05) is 0 Å². The highest BCUT2D eigenvalue weighted by Gasteiger charge is 2.17. The molecule has 0 spiro atoms. The number of nitrogens with one attached hydrogen (secondary N) is 1. The number of pyridine rings is 1. The van der Waals surface area contributed by atoms with E-state index >= 15 is 0 Å². The van der Waals surface area contributed by atoms with Crippen molar-refractivity contribution in [3.8, 4) is 22.8 Å². The van der Waals surface area contributed by atoms with E-state index in [4.69, 9.17) is 16.1 Å². The number of aromatic nitrogens is 3. The van der Waals surface area contributed by atoms with Gasteiger partial charge in [-0.25, -0.2) is 8.78 Å². The van der Waals surface area contributed by atoms with Crippen LogP contribution in [-0.2, 0) is 0 Å². The molecule has 1 N–H and O–H groups in total. The summed E-state index contributed by atoms with van der Waals surface area (Å²) in [4.78, 5) is 19.4. The van der Waals surface area contributed by atoms with E-state index in [0.29, 0.717) is 10.6 Å². The molecule has 4 aromatic rings. The van der Waals surface area contributed by atoms with Gasteiger partial charge in [-0.15, -0.1) is 0 Å². The Bertz CT molecular complexity index is 1170. The topological polar surface area (TPSA) is 71.8 Å². The molecule has 2 aromatic heterocycles. The molecule has 4 rings (SSSR count). The third-order valence-corrected chi connectivity index (χ3v) is 3.90. The molecule has 5 nitrogen and oxygen atoms in total. The van der Waals surface area contributed by atoms with Crippen LogP contribution in [0.2, 0.25) is 5.02 Å². The van der Waals surface area contributed by atoms with Crippen molar-refractivity contribution in [3.63, 3.8) is 0 Å². The van der Waals surface area contributed by atoms with Crippen LogP contribution in [0.25, 0.3) is 33.7 Å². The summed E-state index contributed by atoms with van der Waals surface area (Å²) in [5.41, 5.74) is 0.295. The lowest BCUT2D eigenvalue weighted by molar-refractivity contribution is 0.432. The first-order valence-corrected chi connectivity index (χ1v) is 7.51. The molecule has 0 saturated heterocycles. The average Bonchev–Trinajstić information content (AvgIpc) is 3.07. The maximum Gasteiger partial charge on any atom is 0.263 e. The van der Waals surface area contributed by atoms with Gasteiger partial charge in [-0.2, -0.15) is 4.98 Å². The minimum Gasteiger partial charge on any atom is -0.360 e. The second-order valence-electron chi connectivity index (χ2n) is 5.28. The zero-order chi connectivity index (χ0) is 17.6. The van der Waals surface area contributed by atoms with E-state index < -0.39 is 17.1 Å². The van der Waals surface area contributed by atoms with E-state index in [9.17, 15) is 13.6 Å². The Hall–Kier alpha value is -3.06. The summed E-state index contributed by atoms with van der Waals surface area (Å²) in [6, 6.07) is 8.58. The second-order valence-corrected chi connectivity index (χ2v) is 5.71. The Morgan fingerprint density at radius 1 is 1.12 bits per heavy atom. The van der Waals surface area contributed by atoms with Crippen LogP contribution in [-0.4, -0.2) is 15.1 Å². The zero-order valence-corrected chi connectivity index (χ0v) is 13.1. The molecule has 2 aromatic carbocycles. The molecule has 0 bridgehead atoms. The van der Waals surface area contributed by atoms with Gasteiger partial charge in [0.1, 0.15) is 5.56 Å². The molecule has 0 radical (unpaired) electrons. The Labute approximate surface area is 143 Å². The summed E-state index contributed by atoms with van der Waals surface area (Å²) in [5.74, 6) is -1.94. The van der Waals surface area contributed by atoms with E-state index in [2.05, 4.69) is 15.1 Å². The smallest absolute Gasteiger partial charge is 0.263 e. The first kappa shape index (κ1) is 15.5. The van der Waals surface area contributed by atoms with Crippen LogP contribution >= 0.6 is 11.6 Å².